The minimum absolute atomic E-state index is 0.258. The largest absolute Gasteiger partial charge is 0.478 e. The van der Waals surface area contributed by atoms with Crippen LogP contribution in [0.1, 0.15) is 28.3 Å². The second-order valence-electron chi connectivity index (χ2n) is 5.00. The van der Waals surface area contributed by atoms with Gasteiger partial charge in [0, 0.05) is 17.0 Å². The molecule has 0 spiro atoms. The third-order valence-electron chi connectivity index (χ3n) is 3.57. The van der Waals surface area contributed by atoms with Gasteiger partial charge in [0.25, 0.3) is 0 Å². The lowest BCUT2D eigenvalue weighted by molar-refractivity contribution is 0.0698. The Kier molecular flexibility index (Phi) is 3.36. The summed E-state index contributed by atoms with van der Waals surface area (Å²) < 4.78 is 0. The molecule has 1 aliphatic rings. The zero-order valence-corrected chi connectivity index (χ0v) is 11.5. The van der Waals surface area contributed by atoms with E-state index in [2.05, 4.69) is 17.4 Å². The van der Waals surface area contributed by atoms with Gasteiger partial charge >= 0.3 is 5.97 Å². The SMILES string of the molecule is O=C(O)c1ccc(Cl)cc1NC1CC1c1ccccc1. The van der Waals surface area contributed by atoms with Gasteiger partial charge in [-0.2, -0.15) is 0 Å². The summed E-state index contributed by atoms with van der Waals surface area (Å²) in [4.78, 5) is 11.2. The Morgan fingerprint density at radius 3 is 2.65 bits per heavy atom. The van der Waals surface area contributed by atoms with Crippen LogP contribution in [0.15, 0.2) is 48.5 Å². The van der Waals surface area contributed by atoms with Gasteiger partial charge in [-0.05, 0) is 30.2 Å². The lowest BCUT2D eigenvalue weighted by Gasteiger charge is -2.10. The fraction of sp³-hybridized carbons (Fsp3) is 0.188. The van der Waals surface area contributed by atoms with E-state index in [1.165, 1.54) is 11.6 Å². The average molecular weight is 288 g/mol. The van der Waals surface area contributed by atoms with E-state index in [4.69, 9.17) is 11.6 Å². The molecule has 4 heteroatoms. The number of carbonyl (C=O) groups is 1. The van der Waals surface area contributed by atoms with Crippen LogP contribution in [0.2, 0.25) is 5.02 Å². The molecule has 0 saturated heterocycles. The van der Waals surface area contributed by atoms with Gasteiger partial charge in [-0.3, -0.25) is 0 Å². The molecule has 1 saturated carbocycles. The van der Waals surface area contributed by atoms with Crippen molar-refractivity contribution in [3.63, 3.8) is 0 Å². The Balaban J connectivity index is 1.77. The van der Waals surface area contributed by atoms with Gasteiger partial charge in [0.2, 0.25) is 0 Å². The minimum Gasteiger partial charge on any atom is -0.478 e. The van der Waals surface area contributed by atoms with Crippen molar-refractivity contribution < 1.29 is 9.90 Å². The van der Waals surface area contributed by atoms with Crippen molar-refractivity contribution in [3.8, 4) is 0 Å². The van der Waals surface area contributed by atoms with Gasteiger partial charge in [0.1, 0.15) is 0 Å². The molecule has 1 aliphatic carbocycles. The number of carboxylic acid groups (broad SMARTS) is 1. The number of rotatable bonds is 4. The zero-order valence-electron chi connectivity index (χ0n) is 10.7. The third kappa shape index (κ3) is 2.63. The molecule has 20 heavy (non-hydrogen) atoms. The molecule has 2 unspecified atom stereocenters. The number of benzene rings is 2. The average Bonchev–Trinajstić information content (AvgIpc) is 3.19. The minimum atomic E-state index is -0.943. The molecule has 102 valence electrons. The highest BCUT2D eigenvalue weighted by Gasteiger charge is 2.38. The van der Waals surface area contributed by atoms with Crippen molar-refractivity contribution in [1.29, 1.82) is 0 Å². The highest BCUT2D eigenvalue weighted by atomic mass is 35.5. The van der Waals surface area contributed by atoms with Crippen LogP contribution in [0.5, 0.6) is 0 Å². The van der Waals surface area contributed by atoms with Gasteiger partial charge in [0.15, 0.2) is 0 Å². The molecule has 2 atom stereocenters. The normalized spacial score (nSPS) is 20.4. The monoisotopic (exact) mass is 287 g/mol. The summed E-state index contributed by atoms with van der Waals surface area (Å²) in [6, 6.07) is 15.3. The number of carboxylic acids is 1. The molecule has 2 N–H and O–H groups in total. The molecular formula is C16H14ClNO2. The number of hydrogen-bond acceptors (Lipinski definition) is 2. The fourth-order valence-electron chi connectivity index (χ4n) is 2.45. The fourth-order valence-corrected chi connectivity index (χ4v) is 2.62. The van der Waals surface area contributed by atoms with Crippen molar-refractivity contribution in [2.75, 3.05) is 5.32 Å². The summed E-state index contributed by atoms with van der Waals surface area (Å²) in [7, 11) is 0. The molecular weight excluding hydrogens is 274 g/mol. The van der Waals surface area contributed by atoms with E-state index in [0.29, 0.717) is 16.6 Å². The molecule has 2 aromatic carbocycles. The Hall–Kier alpha value is -2.00. The highest BCUT2D eigenvalue weighted by Crippen LogP contribution is 2.43. The molecule has 2 aromatic rings. The summed E-state index contributed by atoms with van der Waals surface area (Å²) >= 11 is 5.95. The Morgan fingerprint density at radius 1 is 1.20 bits per heavy atom. The lowest BCUT2D eigenvalue weighted by Crippen LogP contribution is -2.09. The van der Waals surface area contributed by atoms with E-state index in [0.717, 1.165) is 6.42 Å². The second kappa shape index (κ2) is 5.17. The smallest absolute Gasteiger partial charge is 0.337 e. The second-order valence-corrected chi connectivity index (χ2v) is 5.44. The van der Waals surface area contributed by atoms with E-state index in [1.807, 2.05) is 18.2 Å². The van der Waals surface area contributed by atoms with Crippen LogP contribution in [-0.4, -0.2) is 17.1 Å². The van der Waals surface area contributed by atoms with Gasteiger partial charge in [-0.15, -0.1) is 0 Å². The summed E-state index contributed by atoms with van der Waals surface area (Å²) in [5.41, 5.74) is 2.13. The molecule has 0 heterocycles. The third-order valence-corrected chi connectivity index (χ3v) is 3.81. The number of anilines is 1. The summed E-state index contributed by atoms with van der Waals surface area (Å²) in [5.74, 6) is -0.502. The van der Waals surface area contributed by atoms with Crippen LogP contribution in [0.3, 0.4) is 0 Å². The standard InChI is InChI=1S/C16H14ClNO2/c17-11-6-7-12(16(19)20)14(8-11)18-15-9-13(15)10-4-2-1-3-5-10/h1-8,13,15,18H,9H2,(H,19,20). The van der Waals surface area contributed by atoms with Crippen molar-refractivity contribution in [1.82, 2.24) is 0 Å². The molecule has 1 fully saturated rings. The first-order chi connectivity index (χ1) is 9.65. The maximum absolute atomic E-state index is 11.2. The lowest BCUT2D eigenvalue weighted by atomic mass is 10.1. The van der Waals surface area contributed by atoms with Gasteiger partial charge in [-0.1, -0.05) is 41.9 Å². The summed E-state index contributed by atoms with van der Waals surface area (Å²) in [5, 5.41) is 13.0. The van der Waals surface area contributed by atoms with Gasteiger partial charge < -0.3 is 10.4 Å². The number of nitrogens with one attached hydrogen (secondary N) is 1. The Bertz CT molecular complexity index is 642. The molecule has 0 bridgehead atoms. The molecule has 0 aliphatic heterocycles. The van der Waals surface area contributed by atoms with Crippen LogP contribution in [0.25, 0.3) is 0 Å². The maximum Gasteiger partial charge on any atom is 0.337 e. The number of aromatic carboxylic acids is 1. The quantitative estimate of drug-likeness (QED) is 0.893. The molecule has 0 amide bonds. The van der Waals surface area contributed by atoms with Crippen molar-refractivity contribution in [3.05, 3.63) is 64.7 Å². The topological polar surface area (TPSA) is 49.3 Å². The van der Waals surface area contributed by atoms with Crippen LogP contribution in [0.4, 0.5) is 5.69 Å². The Morgan fingerprint density at radius 2 is 1.95 bits per heavy atom. The zero-order chi connectivity index (χ0) is 14.1. The number of hydrogen-bond donors (Lipinski definition) is 2. The van der Waals surface area contributed by atoms with Crippen LogP contribution < -0.4 is 5.32 Å². The predicted octanol–water partition coefficient (Wildman–Crippen LogP) is 4.01. The summed E-state index contributed by atoms with van der Waals surface area (Å²) in [6.07, 6.45) is 1.01. The highest BCUT2D eigenvalue weighted by molar-refractivity contribution is 6.31. The van der Waals surface area contributed by atoms with Crippen molar-refractivity contribution in [2.24, 2.45) is 0 Å². The van der Waals surface area contributed by atoms with Crippen molar-refractivity contribution >= 4 is 23.3 Å². The maximum atomic E-state index is 11.2. The van der Waals surface area contributed by atoms with Crippen LogP contribution in [0, 0.1) is 0 Å². The van der Waals surface area contributed by atoms with Crippen molar-refractivity contribution in [2.45, 2.75) is 18.4 Å². The van der Waals surface area contributed by atoms with E-state index in [1.54, 1.807) is 12.1 Å². The summed E-state index contributed by atoms with van der Waals surface area (Å²) in [6.45, 7) is 0. The Labute approximate surface area is 122 Å². The van der Waals surface area contributed by atoms with E-state index >= 15 is 0 Å². The van der Waals surface area contributed by atoms with E-state index < -0.39 is 5.97 Å². The van der Waals surface area contributed by atoms with Crippen LogP contribution in [-0.2, 0) is 0 Å². The van der Waals surface area contributed by atoms with Gasteiger partial charge in [-0.25, -0.2) is 4.79 Å². The first kappa shape index (κ1) is 13.0. The molecule has 0 radical (unpaired) electrons. The first-order valence-corrected chi connectivity index (χ1v) is 6.87. The van der Waals surface area contributed by atoms with Gasteiger partial charge in [0.05, 0.1) is 11.3 Å². The first-order valence-electron chi connectivity index (χ1n) is 6.49. The molecule has 3 rings (SSSR count). The number of halogens is 1. The van der Waals surface area contributed by atoms with E-state index in [-0.39, 0.29) is 11.6 Å². The molecule has 0 aromatic heterocycles. The van der Waals surface area contributed by atoms with Crippen LogP contribution >= 0.6 is 11.6 Å². The molecule has 3 nitrogen and oxygen atoms in total. The van der Waals surface area contributed by atoms with E-state index in [9.17, 15) is 9.90 Å². The predicted molar refractivity (Wildman–Crippen MR) is 79.6 cm³/mol.